The van der Waals surface area contributed by atoms with Crippen LogP contribution < -0.4 is 15.5 Å². The topological polar surface area (TPSA) is 78.5 Å². The Morgan fingerprint density at radius 3 is 2.43 bits per heavy atom. The molecule has 1 aromatic heterocycles. The van der Waals surface area contributed by atoms with Crippen molar-refractivity contribution in [3.05, 3.63) is 35.5 Å². The van der Waals surface area contributed by atoms with Crippen LogP contribution in [-0.4, -0.2) is 41.3 Å². The zero-order chi connectivity index (χ0) is 14.8. The summed E-state index contributed by atoms with van der Waals surface area (Å²) in [5, 5.41) is 9.91. The third-order valence-electron chi connectivity index (χ3n) is 3.50. The molecule has 3 N–H and O–H groups in total. The molecule has 0 amide bonds. The van der Waals surface area contributed by atoms with Crippen LogP contribution in [0.15, 0.2) is 30.3 Å². The predicted octanol–water partition coefficient (Wildman–Crippen LogP) is 1.74. The fraction of sp³-hybridized carbons (Fsp3) is 0.286. The van der Waals surface area contributed by atoms with Crippen molar-refractivity contribution in [1.82, 2.24) is 9.97 Å². The van der Waals surface area contributed by atoms with Crippen molar-refractivity contribution < 1.29 is 5.11 Å². The Labute approximate surface area is 127 Å². The third kappa shape index (κ3) is 3.11. The Kier molecular flexibility index (Phi) is 3.70. The first-order valence-electron chi connectivity index (χ1n) is 6.71. The first kappa shape index (κ1) is 13.8. The fourth-order valence-corrected chi connectivity index (χ4v) is 2.65. The number of anilines is 3. The van der Waals surface area contributed by atoms with Gasteiger partial charge in [0.1, 0.15) is 16.7 Å². The molecule has 110 valence electrons. The zero-order valence-corrected chi connectivity index (χ0v) is 12.2. The van der Waals surface area contributed by atoms with E-state index in [2.05, 4.69) is 19.8 Å². The summed E-state index contributed by atoms with van der Waals surface area (Å²) >= 11 is 5.92. The summed E-state index contributed by atoms with van der Waals surface area (Å²) in [6, 6.07) is 9.01. The number of phenols is 1. The van der Waals surface area contributed by atoms with Crippen molar-refractivity contribution in [2.45, 2.75) is 0 Å². The van der Waals surface area contributed by atoms with Gasteiger partial charge in [-0.2, -0.15) is 4.98 Å². The van der Waals surface area contributed by atoms with Crippen molar-refractivity contribution in [2.75, 3.05) is 41.7 Å². The van der Waals surface area contributed by atoms with Gasteiger partial charge in [-0.1, -0.05) is 17.7 Å². The lowest BCUT2D eigenvalue weighted by atomic mass is 10.2. The van der Waals surface area contributed by atoms with E-state index in [9.17, 15) is 5.11 Å². The predicted molar refractivity (Wildman–Crippen MR) is 84.0 cm³/mol. The second-order valence-corrected chi connectivity index (χ2v) is 5.29. The quantitative estimate of drug-likeness (QED) is 0.823. The van der Waals surface area contributed by atoms with Gasteiger partial charge in [0.05, 0.1) is 0 Å². The molecule has 1 aliphatic rings. The molecule has 0 aliphatic carbocycles. The molecule has 0 bridgehead atoms. The SMILES string of the molecule is Nc1nc(Cl)cc(N2CCN(c3cccc(O)c3)CC2)n1. The Balaban J connectivity index is 1.70. The molecule has 0 unspecified atom stereocenters. The van der Waals surface area contributed by atoms with Crippen molar-refractivity contribution in [2.24, 2.45) is 0 Å². The molecular formula is C14H16ClN5O. The van der Waals surface area contributed by atoms with E-state index in [0.717, 1.165) is 37.7 Å². The molecule has 0 atom stereocenters. The van der Waals surface area contributed by atoms with Gasteiger partial charge in [0.15, 0.2) is 0 Å². The monoisotopic (exact) mass is 305 g/mol. The number of phenolic OH excluding ortho intramolecular Hbond substituents is 1. The summed E-state index contributed by atoms with van der Waals surface area (Å²) in [6.45, 7) is 3.29. The van der Waals surface area contributed by atoms with Gasteiger partial charge in [0.25, 0.3) is 0 Å². The number of nitrogen functional groups attached to an aromatic ring is 1. The van der Waals surface area contributed by atoms with Crippen LogP contribution in [0.1, 0.15) is 0 Å². The Morgan fingerprint density at radius 2 is 1.76 bits per heavy atom. The highest BCUT2D eigenvalue weighted by Gasteiger charge is 2.19. The van der Waals surface area contributed by atoms with Gasteiger partial charge in [0.2, 0.25) is 5.95 Å². The van der Waals surface area contributed by atoms with Gasteiger partial charge >= 0.3 is 0 Å². The van der Waals surface area contributed by atoms with E-state index in [1.807, 2.05) is 12.1 Å². The van der Waals surface area contributed by atoms with Crippen LogP contribution in [-0.2, 0) is 0 Å². The van der Waals surface area contributed by atoms with Crippen LogP contribution in [0, 0.1) is 0 Å². The summed E-state index contributed by atoms with van der Waals surface area (Å²) in [6.07, 6.45) is 0. The van der Waals surface area contributed by atoms with E-state index in [0.29, 0.717) is 5.15 Å². The number of hydrogen-bond donors (Lipinski definition) is 2. The maximum absolute atomic E-state index is 9.55. The first-order chi connectivity index (χ1) is 10.1. The molecule has 21 heavy (non-hydrogen) atoms. The summed E-state index contributed by atoms with van der Waals surface area (Å²) < 4.78 is 0. The minimum Gasteiger partial charge on any atom is -0.508 e. The standard InChI is InChI=1S/C14H16ClN5O/c15-12-9-13(18-14(16)17-12)20-6-4-19(5-7-20)10-2-1-3-11(21)8-10/h1-3,8-9,21H,4-7H2,(H2,16,17,18). The Bertz CT molecular complexity index is 623. The minimum atomic E-state index is 0.188. The van der Waals surface area contributed by atoms with Gasteiger partial charge in [0, 0.05) is 44.0 Å². The molecule has 1 fully saturated rings. The largest absolute Gasteiger partial charge is 0.508 e. The summed E-state index contributed by atoms with van der Waals surface area (Å²) in [7, 11) is 0. The van der Waals surface area contributed by atoms with E-state index in [-0.39, 0.29) is 11.7 Å². The van der Waals surface area contributed by atoms with Gasteiger partial charge in [-0.15, -0.1) is 0 Å². The van der Waals surface area contributed by atoms with Crippen molar-refractivity contribution >= 4 is 29.1 Å². The average molecular weight is 306 g/mol. The number of benzene rings is 1. The smallest absolute Gasteiger partial charge is 0.223 e. The maximum atomic E-state index is 9.55. The molecule has 1 aromatic carbocycles. The van der Waals surface area contributed by atoms with Gasteiger partial charge in [-0.3, -0.25) is 0 Å². The Morgan fingerprint density at radius 1 is 1.05 bits per heavy atom. The lowest BCUT2D eigenvalue weighted by molar-refractivity contribution is 0.475. The second-order valence-electron chi connectivity index (χ2n) is 4.90. The first-order valence-corrected chi connectivity index (χ1v) is 7.08. The molecular weight excluding hydrogens is 290 g/mol. The highest BCUT2D eigenvalue weighted by molar-refractivity contribution is 6.29. The second kappa shape index (κ2) is 5.65. The molecule has 0 radical (unpaired) electrons. The normalized spacial score (nSPS) is 15.3. The number of aromatic nitrogens is 2. The van der Waals surface area contributed by atoms with Crippen molar-refractivity contribution in [3.63, 3.8) is 0 Å². The molecule has 0 spiro atoms. The van der Waals surface area contributed by atoms with E-state index in [1.54, 1.807) is 18.2 Å². The minimum absolute atomic E-state index is 0.188. The molecule has 0 saturated carbocycles. The highest BCUT2D eigenvalue weighted by atomic mass is 35.5. The Hall–Kier alpha value is -2.21. The van der Waals surface area contributed by atoms with Crippen molar-refractivity contribution in [1.29, 1.82) is 0 Å². The number of nitrogens with zero attached hydrogens (tertiary/aromatic N) is 4. The van der Waals surface area contributed by atoms with Crippen LogP contribution in [0.25, 0.3) is 0 Å². The van der Waals surface area contributed by atoms with Crippen LogP contribution in [0.4, 0.5) is 17.5 Å². The maximum Gasteiger partial charge on any atom is 0.223 e. The van der Waals surface area contributed by atoms with E-state index in [1.165, 1.54) is 0 Å². The summed E-state index contributed by atoms with van der Waals surface area (Å²) in [4.78, 5) is 12.4. The molecule has 2 aromatic rings. The molecule has 1 aliphatic heterocycles. The fourth-order valence-electron chi connectivity index (χ4n) is 2.47. The lowest BCUT2D eigenvalue weighted by Gasteiger charge is -2.36. The van der Waals surface area contributed by atoms with Gasteiger partial charge in [-0.25, -0.2) is 4.98 Å². The molecule has 7 heteroatoms. The van der Waals surface area contributed by atoms with E-state index >= 15 is 0 Å². The molecule has 2 heterocycles. The van der Waals surface area contributed by atoms with Crippen LogP contribution in [0.5, 0.6) is 5.75 Å². The zero-order valence-electron chi connectivity index (χ0n) is 11.4. The average Bonchev–Trinajstić information content (AvgIpc) is 2.46. The molecule has 6 nitrogen and oxygen atoms in total. The van der Waals surface area contributed by atoms with E-state index in [4.69, 9.17) is 17.3 Å². The third-order valence-corrected chi connectivity index (χ3v) is 3.69. The number of hydrogen-bond acceptors (Lipinski definition) is 6. The van der Waals surface area contributed by atoms with Gasteiger partial charge < -0.3 is 20.6 Å². The van der Waals surface area contributed by atoms with Crippen LogP contribution in [0.2, 0.25) is 5.15 Å². The lowest BCUT2D eigenvalue weighted by Crippen LogP contribution is -2.46. The van der Waals surface area contributed by atoms with E-state index < -0.39 is 0 Å². The molecule has 1 saturated heterocycles. The molecule has 3 rings (SSSR count). The van der Waals surface area contributed by atoms with Crippen molar-refractivity contribution in [3.8, 4) is 5.75 Å². The van der Waals surface area contributed by atoms with Crippen LogP contribution in [0.3, 0.4) is 0 Å². The summed E-state index contributed by atoms with van der Waals surface area (Å²) in [5.41, 5.74) is 6.65. The number of nitrogens with two attached hydrogens (primary N) is 1. The number of rotatable bonds is 2. The van der Waals surface area contributed by atoms with Gasteiger partial charge in [-0.05, 0) is 12.1 Å². The number of aromatic hydroxyl groups is 1. The van der Waals surface area contributed by atoms with Crippen LogP contribution >= 0.6 is 11.6 Å². The summed E-state index contributed by atoms with van der Waals surface area (Å²) in [5.74, 6) is 1.22. The number of piperazine rings is 1. The highest BCUT2D eigenvalue weighted by Crippen LogP contribution is 2.23. The number of halogens is 1.